The summed E-state index contributed by atoms with van der Waals surface area (Å²) in [4.78, 5) is 48.6. The van der Waals surface area contributed by atoms with E-state index in [2.05, 4.69) is 0 Å². The van der Waals surface area contributed by atoms with E-state index >= 15 is 0 Å². The number of carbonyl (C=O) groups is 3. The average molecular weight is 515 g/mol. The normalized spacial score (nSPS) is 35.2. The number of Topliss-reactive ketones (excluding diaryl/α,β-unsaturated/α-hetero) is 1. The summed E-state index contributed by atoms with van der Waals surface area (Å²) in [5.41, 5.74) is -3.25. The molecule has 2 bridgehead atoms. The molecule has 200 valence electrons. The number of carbonyl (C=O) groups excluding carboxylic acids is 3. The zero-order chi connectivity index (χ0) is 27.3. The minimum absolute atomic E-state index is 0.0902. The minimum atomic E-state index is -1.81. The number of esters is 1. The number of hydrogen-bond donors (Lipinski definition) is 3. The van der Waals surface area contributed by atoms with Gasteiger partial charge in [0.1, 0.15) is 23.6 Å². The Labute approximate surface area is 215 Å². The molecule has 3 aliphatic rings. The second-order valence-electron chi connectivity index (χ2n) is 11.0. The monoisotopic (exact) mass is 514 g/mol. The van der Waals surface area contributed by atoms with Crippen molar-refractivity contribution in [3.8, 4) is 0 Å². The van der Waals surface area contributed by atoms with Crippen LogP contribution >= 0.6 is 0 Å². The molecular weight excluding hydrogens is 480 g/mol. The van der Waals surface area contributed by atoms with Crippen LogP contribution in [0.25, 0.3) is 0 Å². The van der Waals surface area contributed by atoms with E-state index in [1.165, 1.54) is 6.92 Å². The van der Waals surface area contributed by atoms with Gasteiger partial charge in [0, 0.05) is 25.2 Å². The lowest BCUT2D eigenvalue weighted by Crippen LogP contribution is -2.61. The average Bonchev–Trinajstić information content (AvgIpc) is 2.85. The third-order valence-corrected chi connectivity index (χ3v) is 8.43. The summed E-state index contributed by atoms with van der Waals surface area (Å²) in [6, 6.07) is 8.23. The Balaban J connectivity index is 1.98. The molecule has 1 aromatic rings. The molecule has 9 heteroatoms. The highest BCUT2D eigenvalue weighted by Crippen LogP contribution is 2.59. The Morgan fingerprint density at radius 1 is 1.08 bits per heavy atom. The second kappa shape index (κ2) is 9.47. The SMILES string of the molecule is CC(=O)OOC1C/C2=C(\OC(=O)c3ccccc3)[C@]3(O)CCC(C)=C([C@@H](O)C(=O)[C@]2(C)[C@@H](O)C1)C3(C)C. The molecule has 9 nitrogen and oxygen atoms in total. The summed E-state index contributed by atoms with van der Waals surface area (Å²) in [5.74, 6) is -2.25. The fourth-order valence-corrected chi connectivity index (χ4v) is 6.14. The van der Waals surface area contributed by atoms with Crippen LogP contribution in [-0.4, -0.2) is 57.0 Å². The number of benzene rings is 1. The van der Waals surface area contributed by atoms with Gasteiger partial charge in [0.05, 0.1) is 17.1 Å². The van der Waals surface area contributed by atoms with E-state index in [-0.39, 0.29) is 36.2 Å². The summed E-state index contributed by atoms with van der Waals surface area (Å²) < 4.78 is 5.97. The van der Waals surface area contributed by atoms with Gasteiger partial charge in [-0.1, -0.05) is 37.6 Å². The standard InChI is InChI=1S/C28H34O9/c1-15-11-12-28(34)24(35-25(33)17-9-7-6-8-10-17)19-13-18(37-36-16(2)29)14-20(30)27(19,5)23(32)22(31)21(15)26(28,3)4/h6-10,18,20,22,30-31,34H,11-14H2,1-5H3/b24-19+/t18?,20-,22+,27-,28+/m0/s1. The molecule has 1 aromatic carbocycles. The molecule has 1 unspecified atom stereocenters. The van der Waals surface area contributed by atoms with Gasteiger partial charge in [-0.3, -0.25) is 9.68 Å². The van der Waals surface area contributed by atoms with Crippen molar-refractivity contribution < 1.29 is 44.2 Å². The number of fused-ring (bicyclic) bond motifs is 3. The molecule has 5 atom stereocenters. The molecule has 4 rings (SSSR count). The zero-order valence-corrected chi connectivity index (χ0v) is 21.7. The Morgan fingerprint density at radius 2 is 1.73 bits per heavy atom. The first-order valence-corrected chi connectivity index (χ1v) is 12.4. The second-order valence-corrected chi connectivity index (χ2v) is 11.0. The van der Waals surface area contributed by atoms with E-state index < -0.39 is 52.5 Å². The van der Waals surface area contributed by atoms with E-state index in [0.717, 1.165) is 12.5 Å². The first-order valence-electron chi connectivity index (χ1n) is 12.4. The van der Waals surface area contributed by atoms with Crippen LogP contribution in [-0.2, 0) is 24.1 Å². The zero-order valence-electron chi connectivity index (χ0n) is 21.7. The van der Waals surface area contributed by atoms with Gasteiger partial charge >= 0.3 is 11.9 Å². The number of hydrogen-bond acceptors (Lipinski definition) is 9. The quantitative estimate of drug-likeness (QED) is 0.239. The largest absolute Gasteiger partial charge is 0.424 e. The number of ether oxygens (including phenoxy) is 1. The lowest BCUT2D eigenvalue weighted by Gasteiger charge is -2.55. The summed E-state index contributed by atoms with van der Waals surface area (Å²) in [6.45, 7) is 7.84. The molecule has 0 radical (unpaired) electrons. The Morgan fingerprint density at radius 3 is 2.35 bits per heavy atom. The molecular formula is C28H34O9. The molecule has 0 spiro atoms. The van der Waals surface area contributed by atoms with Crippen molar-refractivity contribution in [1.29, 1.82) is 0 Å². The van der Waals surface area contributed by atoms with Crippen molar-refractivity contribution in [2.75, 3.05) is 0 Å². The minimum Gasteiger partial charge on any atom is -0.424 e. The van der Waals surface area contributed by atoms with E-state index in [4.69, 9.17) is 14.5 Å². The maximum absolute atomic E-state index is 13.9. The van der Waals surface area contributed by atoms with Crippen LogP contribution < -0.4 is 0 Å². The highest BCUT2D eigenvalue weighted by Gasteiger charge is 2.63. The van der Waals surface area contributed by atoms with Crippen LogP contribution in [0.2, 0.25) is 0 Å². The summed E-state index contributed by atoms with van der Waals surface area (Å²) in [5, 5.41) is 35.0. The van der Waals surface area contributed by atoms with Gasteiger partial charge in [-0.25, -0.2) is 9.59 Å². The number of aliphatic hydroxyl groups excluding tert-OH is 2. The smallest absolute Gasteiger partial charge is 0.343 e. The number of allylic oxidation sites excluding steroid dienone is 1. The lowest BCUT2D eigenvalue weighted by molar-refractivity contribution is -0.303. The van der Waals surface area contributed by atoms with Gasteiger partial charge in [0.2, 0.25) is 0 Å². The first-order chi connectivity index (χ1) is 17.2. The highest BCUT2D eigenvalue weighted by atomic mass is 17.2. The van der Waals surface area contributed by atoms with E-state index in [1.807, 2.05) is 0 Å². The molecule has 3 aliphatic carbocycles. The van der Waals surface area contributed by atoms with Crippen molar-refractivity contribution in [2.45, 2.75) is 84.2 Å². The predicted molar refractivity (Wildman–Crippen MR) is 131 cm³/mol. The van der Waals surface area contributed by atoms with Gasteiger partial charge < -0.3 is 20.1 Å². The molecule has 0 aliphatic heterocycles. The number of ketones is 1. The van der Waals surface area contributed by atoms with Gasteiger partial charge in [-0.2, -0.15) is 4.89 Å². The van der Waals surface area contributed by atoms with Gasteiger partial charge in [-0.15, -0.1) is 0 Å². The molecule has 1 saturated carbocycles. The van der Waals surface area contributed by atoms with Crippen molar-refractivity contribution in [3.05, 3.63) is 58.4 Å². The maximum Gasteiger partial charge on any atom is 0.343 e. The topological polar surface area (TPSA) is 140 Å². The fourth-order valence-electron chi connectivity index (χ4n) is 6.14. The van der Waals surface area contributed by atoms with E-state index in [1.54, 1.807) is 51.1 Å². The van der Waals surface area contributed by atoms with Gasteiger partial charge in [0.25, 0.3) is 0 Å². The van der Waals surface area contributed by atoms with Crippen LogP contribution in [0.4, 0.5) is 0 Å². The van der Waals surface area contributed by atoms with Crippen molar-refractivity contribution >= 4 is 17.7 Å². The molecule has 1 fully saturated rings. The van der Waals surface area contributed by atoms with Crippen LogP contribution in [0.15, 0.2) is 52.8 Å². The Kier molecular flexibility index (Phi) is 6.96. The maximum atomic E-state index is 13.9. The Hall–Kier alpha value is -2.85. The van der Waals surface area contributed by atoms with Crippen LogP contribution in [0.5, 0.6) is 0 Å². The summed E-state index contributed by atoms with van der Waals surface area (Å²) in [6.07, 6.45) is -3.54. The van der Waals surface area contributed by atoms with Gasteiger partial charge in [-0.05, 0) is 50.0 Å². The molecule has 0 aromatic heterocycles. The van der Waals surface area contributed by atoms with Crippen molar-refractivity contribution in [1.82, 2.24) is 0 Å². The number of rotatable bonds is 4. The third kappa shape index (κ3) is 4.24. The van der Waals surface area contributed by atoms with Crippen molar-refractivity contribution in [2.24, 2.45) is 10.8 Å². The molecule has 0 saturated heterocycles. The third-order valence-electron chi connectivity index (χ3n) is 8.43. The summed E-state index contributed by atoms with van der Waals surface area (Å²) >= 11 is 0. The van der Waals surface area contributed by atoms with Gasteiger partial charge in [0.15, 0.2) is 5.78 Å². The molecule has 0 heterocycles. The van der Waals surface area contributed by atoms with E-state index in [0.29, 0.717) is 12.0 Å². The summed E-state index contributed by atoms with van der Waals surface area (Å²) in [7, 11) is 0. The van der Waals surface area contributed by atoms with Crippen LogP contribution in [0.1, 0.15) is 70.7 Å². The van der Waals surface area contributed by atoms with Crippen LogP contribution in [0.3, 0.4) is 0 Å². The fraction of sp³-hybridized carbons (Fsp3) is 0.536. The first kappa shape index (κ1) is 27.2. The Bertz CT molecular complexity index is 1180. The highest BCUT2D eigenvalue weighted by molar-refractivity contribution is 5.96. The molecule has 3 N–H and O–H groups in total. The number of aliphatic hydroxyl groups is 3. The van der Waals surface area contributed by atoms with Crippen molar-refractivity contribution in [3.63, 3.8) is 0 Å². The molecule has 37 heavy (non-hydrogen) atoms. The predicted octanol–water partition coefficient (Wildman–Crippen LogP) is 2.93. The van der Waals surface area contributed by atoms with Crippen LogP contribution in [0, 0.1) is 10.8 Å². The molecule has 0 amide bonds. The van der Waals surface area contributed by atoms with E-state index in [9.17, 15) is 29.7 Å². The lowest BCUT2D eigenvalue weighted by atomic mass is 9.53.